The summed E-state index contributed by atoms with van der Waals surface area (Å²) in [4.78, 5) is 16.2. The van der Waals surface area contributed by atoms with Gasteiger partial charge in [-0.05, 0) is 67.5 Å². The lowest BCUT2D eigenvalue weighted by Crippen LogP contribution is -2.30. The Hall–Kier alpha value is -3.03. The predicted octanol–water partition coefficient (Wildman–Crippen LogP) is 4.59. The van der Waals surface area contributed by atoms with Crippen LogP contribution in [0, 0.1) is 0 Å². The van der Waals surface area contributed by atoms with Crippen LogP contribution in [0.15, 0.2) is 48.8 Å². The van der Waals surface area contributed by atoms with E-state index >= 15 is 0 Å². The zero-order chi connectivity index (χ0) is 21.9. The second kappa shape index (κ2) is 9.22. The van der Waals surface area contributed by atoms with E-state index in [1.54, 1.807) is 30.8 Å². The van der Waals surface area contributed by atoms with E-state index in [1.807, 2.05) is 36.4 Å². The van der Waals surface area contributed by atoms with Gasteiger partial charge in [0.05, 0.1) is 12.5 Å². The van der Waals surface area contributed by atoms with Crippen LogP contribution in [0.5, 0.6) is 11.6 Å². The van der Waals surface area contributed by atoms with Gasteiger partial charge >= 0.3 is 0 Å². The lowest BCUT2D eigenvalue weighted by molar-refractivity contribution is 0.280. The molecule has 0 aliphatic heterocycles. The van der Waals surface area contributed by atoms with E-state index in [1.165, 1.54) is 23.3 Å². The highest BCUT2D eigenvalue weighted by atomic mass is 32.1. The van der Waals surface area contributed by atoms with Crippen LogP contribution < -0.4 is 15.2 Å². The van der Waals surface area contributed by atoms with Gasteiger partial charge < -0.3 is 15.2 Å². The van der Waals surface area contributed by atoms with Crippen LogP contribution in [0.3, 0.4) is 0 Å². The number of rotatable bonds is 7. The van der Waals surface area contributed by atoms with Gasteiger partial charge in [-0.2, -0.15) is 4.98 Å². The molecule has 3 aromatic heterocycles. The number of hydrogen-bond acceptors (Lipinski definition) is 7. The maximum atomic E-state index is 6.43. The highest BCUT2D eigenvalue weighted by molar-refractivity contribution is 7.18. The van der Waals surface area contributed by atoms with Gasteiger partial charge in [0.25, 0.3) is 0 Å². The van der Waals surface area contributed by atoms with E-state index < -0.39 is 0 Å². The molecule has 0 radical (unpaired) electrons. The third-order valence-corrected chi connectivity index (χ3v) is 7.00. The molecular formula is C25H26N4O2S. The molecule has 0 amide bonds. The Bertz CT molecular complexity index is 1210. The molecule has 0 spiro atoms. The van der Waals surface area contributed by atoms with Crippen LogP contribution in [-0.2, 0) is 19.3 Å². The first-order valence-corrected chi connectivity index (χ1v) is 11.8. The van der Waals surface area contributed by atoms with Crippen LogP contribution in [0.4, 0.5) is 0 Å². The highest BCUT2D eigenvalue weighted by Crippen LogP contribution is 2.40. The van der Waals surface area contributed by atoms with E-state index in [4.69, 9.17) is 25.2 Å². The van der Waals surface area contributed by atoms with E-state index in [9.17, 15) is 0 Å². The summed E-state index contributed by atoms with van der Waals surface area (Å²) in [5.41, 5.74) is 9.87. The third-order valence-electron chi connectivity index (χ3n) is 5.81. The molecule has 7 heteroatoms. The third kappa shape index (κ3) is 4.31. The van der Waals surface area contributed by atoms with Gasteiger partial charge in [-0.25, -0.2) is 4.98 Å². The smallest absolute Gasteiger partial charge is 0.226 e. The predicted molar refractivity (Wildman–Crippen MR) is 127 cm³/mol. The maximum absolute atomic E-state index is 6.43. The average molecular weight is 447 g/mol. The molecule has 5 rings (SSSR count). The van der Waals surface area contributed by atoms with Crippen molar-refractivity contribution < 1.29 is 9.47 Å². The van der Waals surface area contributed by atoms with Crippen molar-refractivity contribution in [2.75, 3.05) is 13.7 Å². The van der Waals surface area contributed by atoms with Gasteiger partial charge in [0.15, 0.2) is 5.82 Å². The summed E-state index contributed by atoms with van der Waals surface area (Å²) in [5, 5.41) is 1.07. The van der Waals surface area contributed by atoms with Crippen molar-refractivity contribution in [3.8, 4) is 23.0 Å². The quantitative estimate of drug-likeness (QED) is 0.447. The minimum absolute atomic E-state index is 0.146. The first-order chi connectivity index (χ1) is 15.7. The number of nitrogens with zero attached hydrogens (tertiary/aromatic N) is 3. The number of pyridine rings is 1. The van der Waals surface area contributed by atoms with Crippen LogP contribution in [-0.4, -0.2) is 34.7 Å². The van der Waals surface area contributed by atoms with Crippen molar-refractivity contribution in [1.82, 2.24) is 15.0 Å². The van der Waals surface area contributed by atoms with Crippen LogP contribution >= 0.6 is 11.3 Å². The molecule has 6 nitrogen and oxygen atoms in total. The molecule has 1 aliphatic carbocycles. The Kier molecular flexibility index (Phi) is 6.01. The fourth-order valence-electron chi connectivity index (χ4n) is 4.17. The van der Waals surface area contributed by atoms with Crippen LogP contribution in [0.1, 0.15) is 28.8 Å². The summed E-state index contributed by atoms with van der Waals surface area (Å²) < 4.78 is 11.5. The Morgan fingerprint density at radius 3 is 2.59 bits per heavy atom. The lowest BCUT2D eigenvalue weighted by atomic mass is 9.97. The second-order valence-electron chi connectivity index (χ2n) is 8.10. The Morgan fingerprint density at radius 2 is 1.81 bits per heavy atom. The van der Waals surface area contributed by atoms with Gasteiger partial charge in [0.1, 0.15) is 17.2 Å². The monoisotopic (exact) mass is 446 g/mol. The largest absolute Gasteiger partial charge is 0.497 e. The molecule has 0 fully saturated rings. The minimum Gasteiger partial charge on any atom is -0.497 e. The SMILES string of the molecule is COc1ccc(C[C@@H](N)COc2nc(-c3ccncc3)nc3sc4c(c23)CCCC4)cc1. The van der Waals surface area contributed by atoms with Gasteiger partial charge in [0.2, 0.25) is 5.88 Å². The fourth-order valence-corrected chi connectivity index (χ4v) is 5.42. The molecular weight excluding hydrogens is 420 g/mol. The highest BCUT2D eigenvalue weighted by Gasteiger charge is 2.23. The Labute approximate surface area is 191 Å². The number of methoxy groups -OCH3 is 1. The summed E-state index contributed by atoms with van der Waals surface area (Å²) in [7, 11) is 1.67. The number of aryl methyl sites for hydroxylation is 2. The van der Waals surface area contributed by atoms with Crippen molar-refractivity contribution in [2.45, 2.75) is 38.1 Å². The molecule has 0 saturated heterocycles. The van der Waals surface area contributed by atoms with Crippen molar-refractivity contribution in [3.63, 3.8) is 0 Å². The van der Waals surface area contributed by atoms with Crippen molar-refractivity contribution >= 4 is 21.6 Å². The number of ether oxygens (including phenoxy) is 2. The van der Waals surface area contributed by atoms with Crippen molar-refractivity contribution in [2.24, 2.45) is 5.73 Å². The first-order valence-electron chi connectivity index (χ1n) is 11.0. The van der Waals surface area contributed by atoms with Crippen LogP contribution in [0.25, 0.3) is 21.6 Å². The summed E-state index contributed by atoms with van der Waals surface area (Å²) in [6.07, 6.45) is 8.83. The molecule has 1 atom stereocenters. The number of fused-ring (bicyclic) bond motifs is 3. The van der Waals surface area contributed by atoms with Crippen molar-refractivity contribution in [3.05, 3.63) is 64.8 Å². The van der Waals surface area contributed by atoms with E-state index in [-0.39, 0.29) is 6.04 Å². The molecule has 2 N–H and O–H groups in total. The number of thiophene rings is 1. The average Bonchev–Trinajstić information content (AvgIpc) is 3.22. The van der Waals surface area contributed by atoms with Gasteiger partial charge in [-0.3, -0.25) is 4.98 Å². The lowest BCUT2D eigenvalue weighted by Gasteiger charge is -2.16. The van der Waals surface area contributed by atoms with E-state index in [0.717, 1.165) is 46.4 Å². The first kappa shape index (κ1) is 20.8. The molecule has 0 saturated carbocycles. The normalized spacial score (nSPS) is 14.2. The summed E-state index contributed by atoms with van der Waals surface area (Å²) >= 11 is 1.77. The Morgan fingerprint density at radius 1 is 1.03 bits per heavy atom. The molecule has 1 aliphatic rings. The fraction of sp³-hybridized carbons (Fsp3) is 0.320. The molecule has 32 heavy (non-hydrogen) atoms. The number of benzene rings is 1. The molecule has 0 unspecified atom stereocenters. The van der Waals surface area contributed by atoms with Gasteiger partial charge in [-0.15, -0.1) is 11.3 Å². The van der Waals surface area contributed by atoms with Gasteiger partial charge in [0, 0.05) is 28.9 Å². The standard InChI is InChI=1S/C25H26N4O2S/c1-30-19-8-6-16(7-9-19)14-18(26)15-31-24-22-20-4-2-3-5-21(20)32-25(22)29-23(28-24)17-10-12-27-13-11-17/h6-13,18H,2-5,14-15,26H2,1H3/t18-/m1/s1. The number of nitrogens with two attached hydrogens (primary N) is 1. The number of aromatic nitrogens is 3. The molecule has 4 aromatic rings. The molecule has 164 valence electrons. The minimum atomic E-state index is -0.146. The number of hydrogen-bond donors (Lipinski definition) is 1. The Balaban J connectivity index is 1.42. The molecule has 1 aromatic carbocycles. The zero-order valence-electron chi connectivity index (χ0n) is 18.1. The maximum Gasteiger partial charge on any atom is 0.226 e. The summed E-state index contributed by atoms with van der Waals surface area (Å²) in [6.45, 7) is 0.387. The summed E-state index contributed by atoms with van der Waals surface area (Å²) in [6, 6.07) is 11.7. The van der Waals surface area contributed by atoms with E-state index in [0.29, 0.717) is 18.3 Å². The van der Waals surface area contributed by atoms with E-state index in [2.05, 4.69) is 4.98 Å². The summed E-state index contributed by atoms with van der Waals surface area (Å²) in [5.74, 6) is 2.15. The zero-order valence-corrected chi connectivity index (χ0v) is 18.9. The van der Waals surface area contributed by atoms with Crippen molar-refractivity contribution in [1.29, 1.82) is 0 Å². The topological polar surface area (TPSA) is 83.2 Å². The molecule has 3 heterocycles. The molecule has 0 bridgehead atoms. The van der Waals surface area contributed by atoms with Gasteiger partial charge in [-0.1, -0.05) is 12.1 Å². The van der Waals surface area contributed by atoms with Crippen LogP contribution in [0.2, 0.25) is 0 Å². The second-order valence-corrected chi connectivity index (χ2v) is 9.19.